The zero-order valence-corrected chi connectivity index (χ0v) is 11.2. The Balaban J connectivity index is 2.31. The minimum absolute atomic E-state index is 0.116. The van der Waals surface area contributed by atoms with Crippen LogP contribution in [0.1, 0.15) is 50.2 Å². The van der Waals surface area contributed by atoms with E-state index in [9.17, 15) is 13.9 Å². The number of rotatable bonds is 3. The number of methoxy groups -OCH3 is 1. The molecule has 1 aromatic rings. The Morgan fingerprint density at radius 1 is 1.16 bits per heavy atom. The number of hydrogen-bond donors (Lipinski definition) is 1. The molecule has 1 aliphatic carbocycles. The molecule has 0 aromatic heterocycles. The second kappa shape index (κ2) is 5.97. The maximum atomic E-state index is 13.8. The van der Waals surface area contributed by atoms with E-state index in [1.54, 1.807) is 7.11 Å². The first-order valence-corrected chi connectivity index (χ1v) is 6.77. The minimum atomic E-state index is -1.06. The second-order valence-electron chi connectivity index (χ2n) is 5.25. The van der Waals surface area contributed by atoms with Crippen molar-refractivity contribution in [1.82, 2.24) is 0 Å². The van der Waals surface area contributed by atoms with Crippen LogP contribution in [0.5, 0.6) is 0 Å². The van der Waals surface area contributed by atoms with Gasteiger partial charge in [0, 0.05) is 18.7 Å². The van der Waals surface area contributed by atoms with Gasteiger partial charge in [-0.1, -0.05) is 31.7 Å². The number of aliphatic hydroxyl groups is 1. The van der Waals surface area contributed by atoms with Crippen LogP contribution in [0.25, 0.3) is 0 Å². The number of benzene rings is 1. The van der Waals surface area contributed by atoms with Crippen molar-refractivity contribution in [3.05, 3.63) is 35.4 Å². The van der Waals surface area contributed by atoms with Gasteiger partial charge in [-0.2, -0.15) is 0 Å². The Hall–Kier alpha value is -1.00. The van der Waals surface area contributed by atoms with E-state index in [0.717, 1.165) is 31.7 Å². The van der Waals surface area contributed by atoms with Gasteiger partial charge in [-0.05, 0) is 18.9 Å². The van der Waals surface area contributed by atoms with Crippen molar-refractivity contribution >= 4 is 0 Å². The molecule has 0 spiro atoms. The van der Waals surface area contributed by atoms with Gasteiger partial charge in [-0.25, -0.2) is 8.78 Å². The largest absolute Gasteiger partial charge is 0.385 e. The van der Waals surface area contributed by atoms with Gasteiger partial charge < -0.3 is 9.84 Å². The predicted molar refractivity (Wildman–Crippen MR) is 68.8 cm³/mol. The fourth-order valence-electron chi connectivity index (χ4n) is 2.92. The van der Waals surface area contributed by atoms with Crippen molar-refractivity contribution in [2.24, 2.45) is 0 Å². The van der Waals surface area contributed by atoms with Gasteiger partial charge in [0.05, 0.1) is 5.60 Å². The van der Waals surface area contributed by atoms with Gasteiger partial charge in [0.25, 0.3) is 0 Å². The molecule has 1 saturated carbocycles. The first-order valence-electron chi connectivity index (χ1n) is 6.77. The van der Waals surface area contributed by atoms with Crippen LogP contribution in [0.4, 0.5) is 8.78 Å². The fourth-order valence-corrected chi connectivity index (χ4v) is 2.92. The van der Waals surface area contributed by atoms with Crippen LogP contribution in [-0.4, -0.2) is 17.8 Å². The molecular formula is C15H20F2O2. The van der Waals surface area contributed by atoms with Crippen LogP contribution < -0.4 is 0 Å². The van der Waals surface area contributed by atoms with E-state index in [1.807, 2.05) is 0 Å². The SMILES string of the molecule is COC1(C(O)c2ccc(F)cc2F)CCCCCC1. The molecule has 0 amide bonds. The predicted octanol–water partition coefficient (Wildman–Crippen LogP) is 3.74. The monoisotopic (exact) mass is 270 g/mol. The van der Waals surface area contributed by atoms with Crippen LogP contribution in [0.15, 0.2) is 18.2 Å². The average molecular weight is 270 g/mol. The van der Waals surface area contributed by atoms with Crippen molar-refractivity contribution in [1.29, 1.82) is 0 Å². The van der Waals surface area contributed by atoms with E-state index in [4.69, 9.17) is 4.74 Å². The van der Waals surface area contributed by atoms with Crippen LogP contribution in [0, 0.1) is 11.6 Å². The molecule has 0 radical (unpaired) electrons. The van der Waals surface area contributed by atoms with Crippen LogP contribution in [0.2, 0.25) is 0 Å². The zero-order chi connectivity index (χ0) is 13.9. The number of halogens is 2. The Bertz CT molecular complexity index is 426. The number of aliphatic hydroxyl groups excluding tert-OH is 1. The van der Waals surface area contributed by atoms with Gasteiger partial charge in [0.1, 0.15) is 17.7 Å². The Kier molecular flexibility index (Phi) is 4.53. The van der Waals surface area contributed by atoms with Crippen molar-refractivity contribution in [3.8, 4) is 0 Å². The van der Waals surface area contributed by atoms with Crippen molar-refractivity contribution in [3.63, 3.8) is 0 Å². The van der Waals surface area contributed by atoms with E-state index < -0.39 is 23.3 Å². The van der Waals surface area contributed by atoms with Crippen molar-refractivity contribution in [2.45, 2.75) is 50.2 Å². The fraction of sp³-hybridized carbons (Fsp3) is 0.600. The third-order valence-corrected chi connectivity index (χ3v) is 4.11. The van der Waals surface area contributed by atoms with E-state index in [0.29, 0.717) is 12.8 Å². The molecule has 1 fully saturated rings. The summed E-state index contributed by atoms with van der Waals surface area (Å²) in [4.78, 5) is 0. The molecule has 0 bridgehead atoms. The Morgan fingerprint density at radius 3 is 2.32 bits per heavy atom. The highest BCUT2D eigenvalue weighted by atomic mass is 19.1. The van der Waals surface area contributed by atoms with Crippen LogP contribution >= 0.6 is 0 Å². The van der Waals surface area contributed by atoms with Gasteiger partial charge in [-0.15, -0.1) is 0 Å². The Morgan fingerprint density at radius 2 is 1.79 bits per heavy atom. The summed E-state index contributed by atoms with van der Waals surface area (Å²) in [7, 11) is 1.55. The minimum Gasteiger partial charge on any atom is -0.385 e. The highest BCUT2D eigenvalue weighted by molar-refractivity contribution is 5.23. The van der Waals surface area contributed by atoms with Gasteiger partial charge in [0.2, 0.25) is 0 Å². The molecule has 1 N–H and O–H groups in total. The van der Waals surface area contributed by atoms with E-state index in [-0.39, 0.29) is 5.56 Å². The summed E-state index contributed by atoms with van der Waals surface area (Å²) in [6.07, 6.45) is 4.44. The molecule has 0 aliphatic heterocycles. The van der Waals surface area contributed by atoms with Crippen LogP contribution in [0.3, 0.4) is 0 Å². The quantitative estimate of drug-likeness (QED) is 0.848. The summed E-state index contributed by atoms with van der Waals surface area (Å²) in [5.74, 6) is -1.35. The lowest BCUT2D eigenvalue weighted by molar-refractivity contribution is -0.115. The van der Waals surface area contributed by atoms with E-state index in [2.05, 4.69) is 0 Å². The maximum Gasteiger partial charge on any atom is 0.132 e. The smallest absolute Gasteiger partial charge is 0.132 e. The lowest BCUT2D eigenvalue weighted by Gasteiger charge is -2.36. The summed E-state index contributed by atoms with van der Waals surface area (Å²) in [6, 6.07) is 3.28. The van der Waals surface area contributed by atoms with Gasteiger partial charge >= 0.3 is 0 Å². The molecule has 0 heterocycles. The highest BCUT2D eigenvalue weighted by Gasteiger charge is 2.40. The highest BCUT2D eigenvalue weighted by Crippen LogP contribution is 2.40. The summed E-state index contributed by atoms with van der Waals surface area (Å²) in [5, 5.41) is 10.5. The average Bonchev–Trinajstić information content (AvgIpc) is 2.64. The summed E-state index contributed by atoms with van der Waals surface area (Å²) < 4.78 is 32.3. The van der Waals surface area contributed by atoms with E-state index >= 15 is 0 Å². The lowest BCUT2D eigenvalue weighted by atomic mass is 9.84. The molecule has 1 unspecified atom stereocenters. The molecule has 1 aliphatic rings. The molecule has 0 saturated heterocycles. The van der Waals surface area contributed by atoms with E-state index in [1.165, 1.54) is 12.1 Å². The maximum absolute atomic E-state index is 13.8. The molecule has 1 aromatic carbocycles. The van der Waals surface area contributed by atoms with Gasteiger partial charge in [-0.3, -0.25) is 0 Å². The summed E-state index contributed by atoms with van der Waals surface area (Å²) in [6.45, 7) is 0. The number of ether oxygens (including phenoxy) is 1. The molecule has 19 heavy (non-hydrogen) atoms. The number of hydrogen-bond acceptors (Lipinski definition) is 2. The molecule has 2 nitrogen and oxygen atoms in total. The molecule has 106 valence electrons. The lowest BCUT2D eigenvalue weighted by Crippen LogP contribution is -2.38. The van der Waals surface area contributed by atoms with Crippen molar-refractivity contribution < 1.29 is 18.6 Å². The zero-order valence-electron chi connectivity index (χ0n) is 11.2. The molecule has 2 rings (SSSR count). The Labute approximate surface area is 112 Å². The third kappa shape index (κ3) is 2.95. The summed E-state index contributed by atoms with van der Waals surface area (Å²) >= 11 is 0. The molecular weight excluding hydrogens is 250 g/mol. The van der Waals surface area contributed by atoms with Gasteiger partial charge in [0.15, 0.2) is 0 Å². The second-order valence-corrected chi connectivity index (χ2v) is 5.25. The third-order valence-electron chi connectivity index (χ3n) is 4.11. The standard InChI is InChI=1S/C15H20F2O2/c1-19-15(8-4-2-3-5-9-15)14(18)12-7-6-11(16)10-13(12)17/h6-7,10,14,18H,2-5,8-9H2,1H3. The van der Waals surface area contributed by atoms with Crippen molar-refractivity contribution in [2.75, 3.05) is 7.11 Å². The topological polar surface area (TPSA) is 29.5 Å². The molecule has 4 heteroatoms. The molecule has 1 atom stereocenters. The van der Waals surface area contributed by atoms with Crippen LogP contribution in [-0.2, 0) is 4.74 Å². The normalized spacial score (nSPS) is 20.8. The first-order chi connectivity index (χ1) is 9.09. The first kappa shape index (κ1) is 14.4. The summed E-state index contributed by atoms with van der Waals surface area (Å²) in [5.41, 5.74) is -0.639.